The summed E-state index contributed by atoms with van der Waals surface area (Å²) in [6.07, 6.45) is 2.33. The van der Waals surface area contributed by atoms with E-state index in [4.69, 9.17) is 14.2 Å². The first kappa shape index (κ1) is 14.3. The standard InChI is InChI=1S/C15H22O4/c1-17-10-11-19-13-7-3-2-6-12(13)15(16)14-8-4-5-9-18-14/h2-3,6-7,14-16H,4-5,8-11H2,1H3. The van der Waals surface area contributed by atoms with Crippen LogP contribution >= 0.6 is 0 Å². The third-order valence-corrected chi connectivity index (χ3v) is 3.35. The molecule has 1 aromatic carbocycles. The lowest BCUT2D eigenvalue weighted by Gasteiger charge is -2.28. The van der Waals surface area contributed by atoms with Crippen LogP contribution in [0.3, 0.4) is 0 Å². The monoisotopic (exact) mass is 266 g/mol. The van der Waals surface area contributed by atoms with Gasteiger partial charge in [0.1, 0.15) is 18.5 Å². The Hall–Kier alpha value is -1.10. The third kappa shape index (κ3) is 3.93. The number of rotatable bonds is 6. The highest BCUT2D eigenvalue weighted by Gasteiger charge is 2.26. The molecule has 1 aliphatic heterocycles. The summed E-state index contributed by atoms with van der Waals surface area (Å²) < 4.78 is 16.3. The quantitative estimate of drug-likeness (QED) is 0.803. The van der Waals surface area contributed by atoms with Gasteiger partial charge in [0, 0.05) is 19.3 Å². The smallest absolute Gasteiger partial charge is 0.125 e. The zero-order valence-electron chi connectivity index (χ0n) is 11.4. The number of hydrogen-bond donors (Lipinski definition) is 1. The second kappa shape index (κ2) is 7.48. The van der Waals surface area contributed by atoms with Crippen LogP contribution in [0.5, 0.6) is 5.75 Å². The molecule has 19 heavy (non-hydrogen) atoms. The first-order valence-corrected chi connectivity index (χ1v) is 6.83. The van der Waals surface area contributed by atoms with Gasteiger partial charge in [0.25, 0.3) is 0 Å². The first-order valence-electron chi connectivity index (χ1n) is 6.83. The normalized spacial score (nSPS) is 21.1. The highest BCUT2D eigenvalue weighted by Crippen LogP contribution is 2.31. The molecular weight excluding hydrogens is 244 g/mol. The lowest BCUT2D eigenvalue weighted by Crippen LogP contribution is -2.26. The van der Waals surface area contributed by atoms with E-state index in [0.717, 1.165) is 31.4 Å². The minimum Gasteiger partial charge on any atom is -0.491 e. The van der Waals surface area contributed by atoms with E-state index in [1.807, 2.05) is 24.3 Å². The molecule has 1 heterocycles. The molecule has 4 heteroatoms. The lowest BCUT2D eigenvalue weighted by molar-refractivity contribution is -0.0641. The fraction of sp³-hybridized carbons (Fsp3) is 0.600. The molecule has 0 aliphatic carbocycles. The zero-order valence-corrected chi connectivity index (χ0v) is 11.4. The van der Waals surface area contributed by atoms with E-state index < -0.39 is 6.10 Å². The van der Waals surface area contributed by atoms with Gasteiger partial charge in [-0.05, 0) is 25.3 Å². The van der Waals surface area contributed by atoms with Crippen LogP contribution in [0.4, 0.5) is 0 Å². The van der Waals surface area contributed by atoms with Crippen molar-refractivity contribution in [3.63, 3.8) is 0 Å². The molecule has 0 amide bonds. The van der Waals surface area contributed by atoms with Crippen LogP contribution in [-0.4, -0.2) is 38.1 Å². The summed E-state index contributed by atoms with van der Waals surface area (Å²) >= 11 is 0. The molecule has 1 fully saturated rings. The topological polar surface area (TPSA) is 47.9 Å². The van der Waals surface area contributed by atoms with Crippen LogP contribution in [-0.2, 0) is 9.47 Å². The second-order valence-corrected chi connectivity index (χ2v) is 4.73. The van der Waals surface area contributed by atoms with Gasteiger partial charge in [-0.2, -0.15) is 0 Å². The number of methoxy groups -OCH3 is 1. The van der Waals surface area contributed by atoms with Gasteiger partial charge in [-0.1, -0.05) is 18.2 Å². The van der Waals surface area contributed by atoms with Crippen LogP contribution in [0.2, 0.25) is 0 Å². The Morgan fingerprint density at radius 2 is 2.16 bits per heavy atom. The summed E-state index contributed by atoms with van der Waals surface area (Å²) in [5.41, 5.74) is 0.797. The average molecular weight is 266 g/mol. The molecule has 2 rings (SSSR count). The van der Waals surface area contributed by atoms with Crippen LogP contribution in [0.1, 0.15) is 30.9 Å². The number of aliphatic hydroxyl groups excluding tert-OH is 1. The molecule has 2 unspecified atom stereocenters. The molecule has 4 nitrogen and oxygen atoms in total. The molecule has 0 bridgehead atoms. The van der Waals surface area contributed by atoms with E-state index >= 15 is 0 Å². The highest BCUT2D eigenvalue weighted by molar-refractivity contribution is 5.35. The molecule has 0 radical (unpaired) electrons. The fourth-order valence-corrected chi connectivity index (χ4v) is 2.31. The molecule has 1 N–H and O–H groups in total. The Morgan fingerprint density at radius 1 is 1.32 bits per heavy atom. The van der Waals surface area contributed by atoms with E-state index in [2.05, 4.69) is 0 Å². The SMILES string of the molecule is COCCOc1ccccc1C(O)C1CCCCO1. The van der Waals surface area contributed by atoms with Gasteiger partial charge in [-0.3, -0.25) is 0 Å². The Labute approximate surface area is 114 Å². The van der Waals surface area contributed by atoms with Crippen molar-refractivity contribution in [1.29, 1.82) is 0 Å². The van der Waals surface area contributed by atoms with Crippen molar-refractivity contribution in [3.8, 4) is 5.75 Å². The molecule has 106 valence electrons. The van der Waals surface area contributed by atoms with Gasteiger partial charge in [0.05, 0.1) is 12.7 Å². The number of ether oxygens (including phenoxy) is 3. The Bertz CT molecular complexity index is 374. The van der Waals surface area contributed by atoms with Gasteiger partial charge in [0.15, 0.2) is 0 Å². The summed E-state index contributed by atoms with van der Waals surface area (Å²) in [4.78, 5) is 0. The van der Waals surface area contributed by atoms with Crippen LogP contribution in [0.25, 0.3) is 0 Å². The summed E-state index contributed by atoms with van der Waals surface area (Å²) in [5, 5.41) is 10.4. The van der Waals surface area contributed by atoms with E-state index in [1.165, 1.54) is 0 Å². The van der Waals surface area contributed by atoms with Gasteiger partial charge < -0.3 is 19.3 Å². The largest absolute Gasteiger partial charge is 0.491 e. The minimum atomic E-state index is -0.626. The van der Waals surface area contributed by atoms with Crippen molar-refractivity contribution in [3.05, 3.63) is 29.8 Å². The summed E-state index contributed by atoms with van der Waals surface area (Å²) in [6, 6.07) is 7.58. The maximum atomic E-state index is 10.4. The molecule has 0 saturated carbocycles. The number of benzene rings is 1. The van der Waals surface area contributed by atoms with Gasteiger partial charge in [-0.25, -0.2) is 0 Å². The Balaban J connectivity index is 2.04. The molecular formula is C15H22O4. The number of hydrogen-bond acceptors (Lipinski definition) is 4. The van der Waals surface area contributed by atoms with Crippen LogP contribution in [0, 0.1) is 0 Å². The van der Waals surface area contributed by atoms with E-state index in [-0.39, 0.29) is 6.10 Å². The van der Waals surface area contributed by atoms with E-state index in [1.54, 1.807) is 7.11 Å². The van der Waals surface area contributed by atoms with Crippen molar-refractivity contribution in [2.75, 3.05) is 26.9 Å². The molecule has 1 saturated heterocycles. The fourth-order valence-electron chi connectivity index (χ4n) is 2.31. The van der Waals surface area contributed by atoms with Gasteiger partial charge in [-0.15, -0.1) is 0 Å². The highest BCUT2D eigenvalue weighted by atomic mass is 16.5. The zero-order chi connectivity index (χ0) is 13.5. The predicted molar refractivity (Wildman–Crippen MR) is 72.4 cm³/mol. The van der Waals surface area contributed by atoms with Gasteiger partial charge in [0.2, 0.25) is 0 Å². The lowest BCUT2D eigenvalue weighted by atomic mass is 9.97. The van der Waals surface area contributed by atoms with Crippen LogP contribution in [0.15, 0.2) is 24.3 Å². The summed E-state index contributed by atoms with van der Waals surface area (Å²) in [5.74, 6) is 0.709. The van der Waals surface area contributed by atoms with Gasteiger partial charge >= 0.3 is 0 Å². The van der Waals surface area contributed by atoms with E-state index in [0.29, 0.717) is 19.0 Å². The molecule has 0 aromatic heterocycles. The van der Waals surface area contributed by atoms with Crippen molar-refractivity contribution in [2.45, 2.75) is 31.5 Å². The average Bonchev–Trinajstić information content (AvgIpc) is 2.48. The van der Waals surface area contributed by atoms with Crippen molar-refractivity contribution in [2.24, 2.45) is 0 Å². The summed E-state index contributed by atoms with van der Waals surface area (Å²) in [6.45, 7) is 1.74. The van der Waals surface area contributed by atoms with Crippen molar-refractivity contribution >= 4 is 0 Å². The molecule has 1 aliphatic rings. The summed E-state index contributed by atoms with van der Waals surface area (Å²) in [7, 11) is 1.64. The third-order valence-electron chi connectivity index (χ3n) is 3.35. The van der Waals surface area contributed by atoms with Crippen molar-refractivity contribution < 1.29 is 19.3 Å². The molecule has 0 spiro atoms. The second-order valence-electron chi connectivity index (χ2n) is 4.73. The van der Waals surface area contributed by atoms with E-state index in [9.17, 15) is 5.11 Å². The van der Waals surface area contributed by atoms with Crippen LogP contribution < -0.4 is 4.74 Å². The maximum absolute atomic E-state index is 10.4. The molecule has 2 atom stereocenters. The predicted octanol–water partition coefficient (Wildman–Crippen LogP) is 2.31. The van der Waals surface area contributed by atoms with Crippen molar-refractivity contribution in [1.82, 2.24) is 0 Å². The minimum absolute atomic E-state index is 0.124. The first-order chi connectivity index (χ1) is 9.33. The maximum Gasteiger partial charge on any atom is 0.125 e. The Morgan fingerprint density at radius 3 is 2.89 bits per heavy atom. The Kier molecular flexibility index (Phi) is 5.63. The number of aliphatic hydroxyl groups is 1. The molecule has 1 aromatic rings. The number of para-hydroxylation sites is 1.